The molecular formula is C24H28N3O4+. The Hall–Kier alpha value is -3.03. The highest BCUT2D eigenvalue weighted by atomic mass is 16.5. The van der Waals surface area contributed by atoms with Crippen molar-refractivity contribution in [3.63, 3.8) is 0 Å². The molecule has 2 aliphatic heterocycles. The van der Waals surface area contributed by atoms with E-state index in [0.29, 0.717) is 12.1 Å². The molecule has 0 bridgehead atoms. The van der Waals surface area contributed by atoms with Crippen LogP contribution in [0.3, 0.4) is 0 Å². The Bertz CT molecular complexity index is 966. The minimum Gasteiger partial charge on any atom is -0.507 e. The predicted octanol–water partition coefficient (Wildman–Crippen LogP) is 1.12. The minimum atomic E-state index is -0.640. The van der Waals surface area contributed by atoms with E-state index in [9.17, 15) is 14.7 Å². The van der Waals surface area contributed by atoms with Crippen LogP contribution in [-0.4, -0.2) is 66.1 Å². The van der Waals surface area contributed by atoms with Gasteiger partial charge >= 0.3 is 0 Å². The molecule has 1 atom stereocenters. The number of nitrogens with one attached hydrogen (secondary N) is 1. The number of aliphatic hydroxyl groups excluding tert-OH is 1. The maximum atomic E-state index is 13.0. The van der Waals surface area contributed by atoms with Gasteiger partial charge < -0.3 is 19.6 Å². The number of amides is 1. The number of rotatable bonds is 6. The van der Waals surface area contributed by atoms with Crippen molar-refractivity contribution >= 4 is 17.4 Å². The fourth-order valence-corrected chi connectivity index (χ4v) is 4.28. The van der Waals surface area contributed by atoms with Crippen molar-refractivity contribution in [1.82, 2.24) is 9.88 Å². The van der Waals surface area contributed by atoms with Crippen molar-refractivity contribution in [3.8, 4) is 0 Å². The van der Waals surface area contributed by atoms with Gasteiger partial charge in [-0.05, 0) is 24.6 Å². The number of benzene rings is 1. The molecule has 0 radical (unpaired) electrons. The highest BCUT2D eigenvalue weighted by Crippen LogP contribution is 2.39. The van der Waals surface area contributed by atoms with Crippen molar-refractivity contribution in [2.75, 3.05) is 39.4 Å². The molecule has 2 saturated heterocycles. The Morgan fingerprint density at radius 3 is 2.48 bits per heavy atom. The molecule has 0 spiro atoms. The van der Waals surface area contributed by atoms with Crippen LogP contribution in [0.2, 0.25) is 0 Å². The predicted molar refractivity (Wildman–Crippen MR) is 115 cm³/mol. The van der Waals surface area contributed by atoms with Crippen LogP contribution >= 0.6 is 0 Å². The van der Waals surface area contributed by atoms with E-state index >= 15 is 0 Å². The zero-order chi connectivity index (χ0) is 21.8. The minimum absolute atomic E-state index is 0.138. The zero-order valence-corrected chi connectivity index (χ0v) is 17.7. The molecule has 4 rings (SSSR count). The Morgan fingerprint density at radius 1 is 1.13 bits per heavy atom. The second kappa shape index (κ2) is 9.41. The van der Waals surface area contributed by atoms with Crippen LogP contribution in [0.15, 0.2) is 54.4 Å². The van der Waals surface area contributed by atoms with Crippen LogP contribution in [0.25, 0.3) is 5.76 Å². The number of aryl methyl sites for hydroxylation is 1. The van der Waals surface area contributed by atoms with E-state index in [1.54, 1.807) is 41.6 Å². The van der Waals surface area contributed by atoms with Gasteiger partial charge in [-0.25, -0.2) is 0 Å². The number of aromatic nitrogens is 1. The molecule has 2 N–H and O–H groups in total. The van der Waals surface area contributed by atoms with Crippen molar-refractivity contribution in [1.29, 1.82) is 0 Å². The number of hydrogen-bond donors (Lipinski definition) is 2. The quantitative estimate of drug-likeness (QED) is 0.414. The molecule has 0 aliphatic carbocycles. The average molecular weight is 423 g/mol. The number of ether oxygens (including phenoxy) is 1. The first kappa shape index (κ1) is 21.2. The lowest BCUT2D eigenvalue weighted by Gasteiger charge is -2.27. The first-order valence-electron chi connectivity index (χ1n) is 10.7. The van der Waals surface area contributed by atoms with E-state index in [1.165, 1.54) is 4.90 Å². The summed E-state index contributed by atoms with van der Waals surface area (Å²) < 4.78 is 5.41. The number of Topliss-reactive ketones (excluding diaryl/α,β-unsaturated/α-hetero) is 1. The third-order valence-electron chi connectivity index (χ3n) is 6.02. The summed E-state index contributed by atoms with van der Waals surface area (Å²) in [5.41, 5.74) is 2.48. The topological polar surface area (TPSA) is 84.2 Å². The van der Waals surface area contributed by atoms with Gasteiger partial charge in [-0.3, -0.25) is 14.6 Å². The summed E-state index contributed by atoms with van der Waals surface area (Å²) in [5.74, 6) is -1.34. The molecular weight excluding hydrogens is 394 g/mol. The summed E-state index contributed by atoms with van der Waals surface area (Å²) in [5, 5.41) is 11.0. The summed E-state index contributed by atoms with van der Waals surface area (Å²) in [6.07, 6.45) is 4.05. The van der Waals surface area contributed by atoms with Crippen molar-refractivity contribution in [2.45, 2.75) is 19.4 Å². The maximum absolute atomic E-state index is 13.0. The molecule has 0 unspecified atom stereocenters. The van der Waals surface area contributed by atoms with E-state index in [4.69, 9.17) is 4.74 Å². The fourth-order valence-electron chi connectivity index (χ4n) is 4.28. The molecule has 2 aliphatic rings. The molecule has 1 amide bonds. The highest BCUT2D eigenvalue weighted by molar-refractivity contribution is 6.46. The maximum Gasteiger partial charge on any atom is 0.295 e. The Labute approximate surface area is 182 Å². The van der Waals surface area contributed by atoms with E-state index in [0.717, 1.165) is 50.4 Å². The number of hydrogen-bond acceptors (Lipinski definition) is 5. The van der Waals surface area contributed by atoms with Gasteiger partial charge in [0.25, 0.3) is 11.7 Å². The second-order valence-electron chi connectivity index (χ2n) is 8.10. The third kappa shape index (κ3) is 4.52. The average Bonchev–Trinajstić information content (AvgIpc) is 3.05. The summed E-state index contributed by atoms with van der Waals surface area (Å²) in [6, 6.07) is 10.2. The standard InChI is InChI=1S/C24H27N3O4/c1-17-3-5-19(6-4-17)22(28)20-21(18-7-9-25-10-8-18)27(24(30)23(20)29)12-2-11-26-13-15-31-16-14-26/h3-10,21,28H,2,11-16H2,1H3/p+1/t21-/m1/s1. The molecule has 7 nitrogen and oxygen atoms in total. The van der Waals surface area contributed by atoms with Gasteiger partial charge in [0.2, 0.25) is 0 Å². The number of carbonyl (C=O) groups is 2. The van der Waals surface area contributed by atoms with Gasteiger partial charge in [-0.2, -0.15) is 0 Å². The van der Waals surface area contributed by atoms with Crippen LogP contribution < -0.4 is 4.90 Å². The largest absolute Gasteiger partial charge is 0.507 e. The normalized spacial score (nSPS) is 21.6. The number of pyridine rings is 1. The van der Waals surface area contributed by atoms with Gasteiger partial charge in [-0.15, -0.1) is 0 Å². The first-order valence-corrected chi connectivity index (χ1v) is 10.7. The molecule has 162 valence electrons. The monoisotopic (exact) mass is 422 g/mol. The zero-order valence-electron chi connectivity index (χ0n) is 17.7. The number of morpholine rings is 1. The number of ketones is 1. The Kier molecular flexibility index (Phi) is 6.44. The van der Waals surface area contributed by atoms with Gasteiger partial charge in [0.15, 0.2) is 0 Å². The molecule has 2 aromatic rings. The van der Waals surface area contributed by atoms with Crippen molar-refractivity contribution in [2.24, 2.45) is 0 Å². The molecule has 7 heteroatoms. The van der Waals surface area contributed by atoms with E-state index in [1.807, 2.05) is 19.1 Å². The summed E-state index contributed by atoms with van der Waals surface area (Å²) in [4.78, 5) is 33.1. The van der Waals surface area contributed by atoms with E-state index in [-0.39, 0.29) is 11.3 Å². The number of carbonyl (C=O) groups excluding carboxylic acids is 2. The number of aliphatic hydroxyl groups is 1. The number of quaternary nitrogens is 1. The molecule has 1 aromatic heterocycles. The molecule has 2 fully saturated rings. The van der Waals surface area contributed by atoms with Crippen LogP contribution in [0.4, 0.5) is 0 Å². The summed E-state index contributed by atoms with van der Waals surface area (Å²) >= 11 is 0. The molecule has 1 aromatic carbocycles. The lowest BCUT2D eigenvalue weighted by molar-refractivity contribution is -0.908. The van der Waals surface area contributed by atoms with Gasteiger partial charge in [0, 0.05) is 30.9 Å². The van der Waals surface area contributed by atoms with Crippen molar-refractivity contribution < 1.29 is 24.3 Å². The lowest BCUT2D eigenvalue weighted by Crippen LogP contribution is -3.14. The summed E-state index contributed by atoms with van der Waals surface area (Å²) in [6.45, 7) is 6.75. The number of likely N-dealkylation sites (tertiary alicyclic amines) is 1. The van der Waals surface area contributed by atoms with Crippen LogP contribution in [0.5, 0.6) is 0 Å². The molecule has 3 heterocycles. The first-order chi connectivity index (χ1) is 15.1. The fraction of sp³-hybridized carbons (Fsp3) is 0.375. The molecule has 0 saturated carbocycles. The smallest absolute Gasteiger partial charge is 0.295 e. The molecule has 31 heavy (non-hydrogen) atoms. The summed E-state index contributed by atoms with van der Waals surface area (Å²) in [7, 11) is 0. The van der Waals surface area contributed by atoms with Gasteiger partial charge in [-0.1, -0.05) is 29.8 Å². The Balaban J connectivity index is 1.64. The SMILES string of the molecule is Cc1ccc(C(O)=C2C(=O)C(=O)N(CCC[NH+]3CCOCC3)[C@@H]2c2ccncc2)cc1. The van der Waals surface area contributed by atoms with Crippen LogP contribution in [0.1, 0.15) is 29.2 Å². The van der Waals surface area contributed by atoms with Crippen molar-refractivity contribution in [3.05, 3.63) is 71.1 Å². The van der Waals surface area contributed by atoms with E-state index < -0.39 is 17.7 Å². The second-order valence-corrected chi connectivity index (χ2v) is 8.10. The third-order valence-corrected chi connectivity index (χ3v) is 6.02. The van der Waals surface area contributed by atoms with Gasteiger partial charge in [0.1, 0.15) is 18.8 Å². The Morgan fingerprint density at radius 2 is 1.81 bits per heavy atom. The van der Waals surface area contributed by atoms with E-state index in [2.05, 4.69) is 4.98 Å². The lowest BCUT2D eigenvalue weighted by atomic mass is 9.95. The number of nitrogens with zero attached hydrogens (tertiary/aromatic N) is 2. The van der Waals surface area contributed by atoms with Gasteiger partial charge in [0.05, 0.1) is 31.4 Å². The van der Waals surface area contributed by atoms with Crippen LogP contribution in [0, 0.1) is 6.92 Å². The van der Waals surface area contributed by atoms with Crippen LogP contribution in [-0.2, 0) is 14.3 Å². The highest BCUT2D eigenvalue weighted by Gasteiger charge is 2.45.